The van der Waals surface area contributed by atoms with Crippen LogP contribution in [0, 0.1) is 5.92 Å². The summed E-state index contributed by atoms with van der Waals surface area (Å²) in [5, 5.41) is 14.6. The Morgan fingerprint density at radius 3 is 2.68 bits per heavy atom. The summed E-state index contributed by atoms with van der Waals surface area (Å²) < 4.78 is 5.72. The van der Waals surface area contributed by atoms with E-state index in [4.69, 9.17) is 9.84 Å². The van der Waals surface area contributed by atoms with Crippen LogP contribution in [-0.4, -0.2) is 43.0 Å². The molecule has 0 aromatic heterocycles. The van der Waals surface area contributed by atoms with Crippen molar-refractivity contribution in [3.05, 3.63) is 0 Å². The second-order valence-corrected chi connectivity index (χ2v) is 5.48. The van der Waals surface area contributed by atoms with Crippen LogP contribution in [0.25, 0.3) is 0 Å². The number of urea groups is 1. The maximum absolute atomic E-state index is 11.5. The number of aliphatic hydroxyl groups excluding tert-OH is 1. The molecule has 1 saturated carbocycles. The van der Waals surface area contributed by atoms with Crippen molar-refractivity contribution >= 4 is 6.03 Å². The summed E-state index contributed by atoms with van der Waals surface area (Å²) in [6.07, 6.45) is 6.22. The molecule has 1 aliphatic rings. The molecule has 2 atom stereocenters. The van der Waals surface area contributed by atoms with E-state index < -0.39 is 0 Å². The van der Waals surface area contributed by atoms with Crippen molar-refractivity contribution in [3.8, 4) is 0 Å². The first-order valence-electron chi connectivity index (χ1n) is 7.40. The largest absolute Gasteiger partial charge is 0.396 e. The van der Waals surface area contributed by atoms with Crippen molar-refractivity contribution in [2.75, 3.05) is 19.8 Å². The lowest BCUT2D eigenvalue weighted by molar-refractivity contribution is 0.0572. The van der Waals surface area contributed by atoms with Gasteiger partial charge >= 0.3 is 6.03 Å². The van der Waals surface area contributed by atoms with Crippen molar-refractivity contribution in [1.29, 1.82) is 0 Å². The lowest BCUT2D eigenvalue weighted by Gasteiger charge is -2.19. The molecule has 0 saturated heterocycles. The summed E-state index contributed by atoms with van der Waals surface area (Å²) >= 11 is 0. The van der Waals surface area contributed by atoms with E-state index in [9.17, 15) is 4.79 Å². The van der Waals surface area contributed by atoms with Gasteiger partial charge < -0.3 is 20.5 Å². The summed E-state index contributed by atoms with van der Waals surface area (Å²) in [7, 11) is 0. The normalized spacial score (nSPS) is 19.1. The Morgan fingerprint density at radius 1 is 1.37 bits per heavy atom. The highest BCUT2D eigenvalue weighted by Crippen LogP contribution is 2.20. The lowest BCUT2D eigenvalue weighted by atomic mass is 10.1. The van der Waals surface area contributed by atoms with Crippen LogP contribution in [0.4, 0.5) is 4.79 Å². The van der Waals surface area contributed by atoms with Gasteiger partial charge in [0.25, 0.3) is 0 Å². The zero-order chi connectivity index (χ0) is 14.1. The van der Waals surface area contributed by atoms with Crippen LogP contribution in [0.3, 0.4) is 0 Å². The van der Waals surface area contributed by atoms with E-state index >= 15 is 0 Å². The highest BCUT2D eigenvalue weighted by atomic mass is 16.5. The molecular weight excluding hydrogens is 244 g/mol. The Labute approximate surface area is 116 Å². The van der Waals surface area contributed by atoms with Crippen molar-refractivity contribution in [1.82, 2.24) is 10.6 Å². The molecule has 0 heterocycles. The molecule has 19 heavy (non-hydrogen) atoms. The maximum atomic E-state index is 11.5. The summed E-state index contributed by atoms with van der Waals surface area (Å²) in [4.78, 5) is 11.5. The van der Waals surface area contributed by atoms with Gasteiger partial charge in [0.05, 0.1) is 6.10 Å². The first-order chi connectivity index (χ1) is 9.13. The molecule has 5 nitrogen and oxygen atoms in total. The van der Waals surface area contributed by atoms with Crippen LogP contribution < -0.4 is 10.6 Å². The van der Waals surface area contributed by atoms with Crippen LogP contribution in [-0.2, 0) is 4.74 Å². The van der Waals surface area contributed by atoms with Gasteiger partial charge in [0.2, 0.25) is 0 Å². The van der Waals surface area contributed by atoms with Gasteiger partial charge in [0.15, 0.2) is 0 Å². The summed E-state index contributed by atoms with van der Waals surface area (Å²) in [5.41, 5.74) is 0. The van der Waals surface area contributed by atoms with Gasteiger partial charge in [-0.3, -0.25) is 0 Å². The molecule has 1 aliphatic carbocycles. The molecule has 1 rings (SSSR count). The molecule has 5 heteroatoms. The molecule has 0 aromatic rings. The van der Waals surface area contributed by atoms with E-state index in [1.165, 1.54) is 25.7 Å². The lowest BCUT2D eigenvalue weighted by Crippen LogP contribution is -2.44. The summed E-state index contributed by atoms with van der Waals surface area (Å²) in [5.74, 6) is 0.0662. The molecule has 1 fully saturated rings. The second-order valence-electron chi connectivity index (χ2n) is 5.48. The Balaban J connectivity index is 1.97. The third-order valence-electron chi connectivity index (χ3n) is 3.76. The minimum atomic E-state index is -0.173. The van der Waals surface area contributed by atoms with Gasteiger partial charge in [-0.2, -0.15) is 0 Å². The third kappa shape index (κ3) is 6.78. The number of carbonyl (C=O) groups is 1. The molecule has 0 radical (unpaired) electrons. The molecule has 2 amide bonds. The number of hydrogen-bond donors (Lipinski definition) is 3. The molecule has 2 unspecified atom stereocenters. The Morgan fingerprint density at radius 2 is 2.05 bits per heavy atom. The number of hydrogen-bond acceptors (Lipinski definition) is 3. The van der Waals surface area contributed by atoms with E-state index in [0.29, 0.717) is 19.3 Å². The van der Waals surface area contributed by atoms with Gasteiger partial charge in [0.1, 0.15) is 0 Å². The van der Waals surface area contributed by atoms with Crippen LogP contribution in [0.2, 0.25) is 0 Å². The van der Waals surface area contributed by atoms with E-state index in [0.717, 1.165) is 6.42 Å². The molecule has 0 bridgehead atoms. The summed E-state index contributed by atoms with van der Waals surface area (Å²) in [6, 6.07) is -0.201. The predicted molar refractivity (Wildman–Crippen MR) is 75.1 cm³/mol. The van der Waals surface area contributed by atoms with Gasteiger partial charge in [0, 0.05) is 25.8 Å². The average molecular weight is 272 g/mol. The zero-order valence-electron chi connectivity index (χ0n) is 12.2. The smallest absolute Gasteiger partial charge is 0.315 e. The van der Waals surface area contributed by atoms with Crippen LogP contribution in [0.15, 0.2) is 0 Å². The summed E-state index contributed by atoms with van der Waals surface area (Å²) in [6.45, 7) is 5.22. The van der Waals surface area contributed by atoms with Crippen molar-refractivity contribution in [2.24, 2.45) is 5.92 Å². The van der Waals surface area contributed by atoms with E-state index in [1.54, 1.807) is 0 Å². The number of rotatable bonds is 8. The molecule has 112 valence electrons. The van der Waals surface area contributed by atoms with Gasteiger partial charge in [-0.15, -0.1) is 0 Å². The fraction of sp³-hybridized carbons (Fsp3) is 0.929. The van der Waals surface area contributed by atoms with Crippen molar-refractivity contribution in [3.63, 3.8) is 0 Å². The Kier molecular flexibility index (Phi) is 7.82. The minimum Gasteiger partial charge on any atom is -0.396 e. The van der Waals surface area contributed by atoms with Crippen LogP contribution in [0.5, 0.6) is 0 Å². The highest BCUT2D eigenvalue weighted by Gasteiger charge is 2.15. The zero-order valence-corrected chi connectivity index (χ0v) is 12.2. The third-order valence-corrected chi connectivity index (χ3v) is 3.76. The number of nitrogens with one attached hydrogen (secondary N) is 2. The topological polar surface area (TPSA) is 70.6 Å². The number of aliphatic hydroxyl groups is 1. The fourth-order valence-electron chi connectivity index (χ4n) is 2.14. The van der Waals surface area contributed by atoms with Gasteiger partial charge in [-0.25, -0.2) is 4.79 Å². The van der Waals surface area contributed by atoms with Gasteiger partial charge in [-0.05, 0) is 32.1 Å². The predicted octanol–water partition coefficient (Wildman–Crippen LogP) is 1.65. The van der Waals surface area contributed by atoms with Crippen molar-refractivity contribution in [2.45, 2.75) is 58.1 Å². The molecule has 0 aromatic carbocycles. The van der Waals surface area contributed by atoms with Crippen molar-refractivity contribution < 1.29 is 14.6 Å². The highest BCUT2D eigenvalue weighted by molar-refractivity contribution is 5.74. The number of ether oxygens (including phenoxy) is 1. The molecule has 3 N–H and O–H groups in total. The molecular formula is C14H28N2O3. The maximum Gasteiger partial charge on any atom is 0.315 e. The first-order valence-corrected chi connectivity index (χ1v) is 7.40. The molecule has 0 aliphatic heterocycles. The van der Waals surface area contributed by atoms with Crippen LogP contribution >= 0.6 is 0 Å². The van der Waals surface area contributed by atoms with E-state index in [-0.39, 0.29) is 24.6 Å². The van der Waals surface area contributed by atoms with Crippen LogP contribution in [0.1, 0.15) is 46.0 Å². The van der Waals surface area contributed by atoms with Gasteiger partial charge in [-0.1, -0.05) is 19.8 Å². The Hall–Kier alpha value is -0.810. The monoisotopic (exact) mass is 272 g/mol. The fourth-order valence-corrected chi connectivity index (χ4v) is 2.14. The minimum absolute atomic E-state index is 0.0280. The molecule has 0 spiro atoms. The van der Waals surface area contributed by atoms with E-state index in [1.807, 2.05) is 13.8 Å². The van der Waals surface area contributed by atoms with E-state index in [2.05, 4.69) is 10.6 Å². The standard InChI is InChI=1S/C14H28N2O3/c1-11(10-17)12(2)16-14(18)15-8-5-9-19-13-6-3-4-7-13/h11-13,17H,3-10H2,1-2H3,(H2,15,16,18). The number of carbonyl (C=O) groups excluding carboxylic acids is 1. The SMILES string of the molecule is CC(CO)C(C)NC(=O)NCCCOC1CCCC1. The number of amides is 2. The first kappa shape index (κ1) is 16.2. The quantitative estimate of drug-likeness (QED) is 0.588. The average Bonchev–Trinajstić information content (AvgIpc) is 2.90. The second kappa shape index (κ2) is 9.15. The Bertz CT molecular complexity index is 255.